The highest BCUT2D eigenvalue weighted by Gasteiger charge is 2.58. The summed E-state index contributed by atoms with van der Waals surface area (Å²) in [5.74, 6) is -1.15. The Morgan fingerprint density at radius 1 is 0.758 bits per heavy atom. The number of nitrogens with zero attached hydrogens (tertiary/aromatic N) is 3. The number of para-hydroxylation sites is 1. The van der Waals surface area contributed by atoms with Crippen molar-refractivity contribution < 1.29 is 14.4 Å². The molecule has 1 atom stereocenters. The topological polar surface area (TPSA) is 70.1 Å². The molecule has 1 heterocycles. The van der Waals surface area contributed by atoms with E-state index in [1.165, 1.54) is 7.05 Å². The molecule has 0 N–H and O–H groups in total. The van der Waals surface area contributed by atoms with Gasteiger partial charge in [0.05, 0.1) is 12.2 Å². The fourth-order valence-electron chi connectivity index (χ4n) is 4.12. The average Bonchev–Trinajstić information content (AvgIpc) is 2.86. The minimum absolute atomic E-state index is 0.108. The minimum atomic E-state index is -1.63. The molecule has 33 heavy (non-hydrogen) atoms. The van der Waals surface area contributed by atoms with Gasteiger partial charge in [0.2, 0.25) is 0 Å². The van der Waals surface area contributed by atoms with Gasteiger partial charge in [0, 0.05) is 19.2 Å². The van der Waals surface area contributed by atoms with Crippen molar-refractivity contribution in [1.29, 1.82) is 0 Å². The molecule has 1 aliphatic rings. The van der Waals surface area contributed by atoms with Crippen molar-refractivity contribution in [2.24, 2.45) is 10.4 Å². The van der Waals surface area contributed by atoms with E-state index in [0.29, 0.717) is 17.9 Å². The van der Waals surface area contributed by atoms with Crippen LogP contribution in [0.3, 0.4) is 0 Å². The maximum atomic E-state index is 14.0. The molecule has 1 saturated heterocycles. The van der Waals surface area contributed by atoms with Crippen molar-refractivity contribution in [3.05, 3.63) is 102 Å². The van der Waals surface area contributed by atoms with Crippen LogP contribution in [-0.2, 0) is 22.6 Å². The molecule has 1 unspecified atom stereocenters. The molecule has 1 aliphatic heterocycles. The van der Waals surface area contributed by atoms with Gasteiger partial charge in [-0.25, -0.2) is 9.69 Å². The maximum absolute atomic E-state index is 14.0. The molecule has 1 fully saturated rings. The third kappa shape index (κ3) is 4.07. The predicted molar refractivity (Wildman–Crippen MR) is 128 cm³/mol. The van der Waals surface area contributed by atoms with E-state index in [9.17, 15) is 14.4 Å². The molecule has 6 heteroatoms. The van der Waals surface area contributed by atoms with Crippen molar-refractivity contribution >= 4 is 29.2 Å². The molecule has 0 saturated carbocycles. The lowest BCUT2D eigenvalue weighted by Crippen LogP contribution is -2.67. The summed E-state index contributed by atoms with van der Waals surface area (Å²) in [6.07, 6.45) is 0.108. The number of hydrogen-bond donors (Lipinski definition) is 0. The van der Waals surface area contributed by atoms with Gasteiger partial charge in [-0.2, -0.15) is 0 Å². The van der Waals surface area contributed by atoms with E-state index in [1.807, 2.05) is 60.7 Å². The summed E-state index contributed by atoms with van der Waals surface area (Å²) in [5, 5.41) is 0. The highest BCUT2D eigenvalue weighted by atomic mass is 16.2. The molecule has 166 valence electrons. The smallest absolute Gasteiger partial charge is 0.288 e. The molecule has 6 nitrogen and oxygen atoms in total. The van der Waals surface area contributed by atoms with Crippen molar-refractivity contribution in [3.8, 4) is 0 Å². The summed E-state index contributed by atoms with van der Waals surface area (Å²) in [7, 11) is 1.41. The molecule has 4 rings (SSSR count). The number of rotatable bonds is 6. The number of imide groups is 2. The molecule has 0 aromatic heterocycles. The second kappa shape index (κ2) is 9.20. The summed E-state index contributed by atoms with van der Waals surface area (Å²) in [6.45, 7) is 2.03. The largest absolute Gasteiger partial charge is 0.337 e. The first-order valence-electron chi connectivity index (χ1n) is 10.8. The normalized spacial score (nSPS) is 19.2. The van der Waals surface area contributed by atoms with Gasteiger partial charge >= 0.3 is 6.03 Å². The van der Waals surface area contributed by atoms with Crippen LogP contribution in [0, 0.1) is 5.41 Å². The number of barbiturate groups is 1. The number of amides is 4. The fourth-order valence-corrected chi connectivity index (χ4v) is 4.12. The molecule has 0 radical (unpaired) electrons. The lowest BCUT2D eigenvalue weighted by molar-refractivity contribution is -0.144. The fraction of sp³-hybridized carbons (Fsp3) is 0.185. The Morgan fingerprint density at radius 3 is 1.85 bits per heavy atom. The summed E-state index contributed by atoms with van der Waals surface area (Å²) in [6, 6.07) is 27.0. The van der Waals surface area contributed by atoms with Crippen LogP contribution < -0.4 is 4.90 Å². The van der Waals surface area contributed by atoms with Gasteiger partial charge in [0.1, 0.15) is 0 Å². The van der Waals surface area contributed by atoms with E-state index in [-0.39, 0.29) is 6.42 Å². The second-order valence-electron chi connectivity index (χ2n) is 8.08. The molecule has 0 spiro atoms. The van der Waals surface area contributed by atoms with Crippen LogP contribution in [0.4, 0.5) is 10.5 Å². The third-order valence-corrected chi connectivity index (χ3v) is 6.00. The van der Waals surface area contributed by atoms with Crippen molar-refractivity contribution in [1.82, 2.24) is 4.90 Å². The van der Waals surface area contributed by atoms with Gasteiger partial charge in [-0.3, -0.25) is 19.5 Å². The Bertz CT molecular complexity index is 1190. The van der Waals surface area contributed by atoms with Crippen molar-refractivity contribution in [2.45, 2.75) is 19.9 Å². The number of anilines is 1. The van der Waals surface area contributed by atoms with Crippen molar-refractivity contribution in [3.63, 3.8) is 0 Å². The first-order chi connectivity index (χ1) is 15.9. The van der Waals surface area contributed by atoms with Gasteiger partial charge < -0.3 is 0 Å². The van der Waals surface area contributed by atoms with E-state index in [0.717, 1.165) is 20.9 Å². The molecular weight excluding hydrogens is 414 g/mol. The lowest BCUT2D eigenvalue weighted by Gasteiger charge is -2.43. The SMILES string of the molecule is CC(=NCc1ccccc1)C1(Cc2ccccc2)C(=O)N(C)C(=O)N(c2ccccc2)C1=O. The van der Waals surface area contributed by atoms with Crippen LogP contribution >= 0.6 is 0 Å². The van der Waals surface area contributed by atoms with Gasteiger partial charge in [0.15, 0.2) is 5.41 Å². The van der Waals surface area contributed by atoms with Crippen LogP contribution in [0.15, 0.2) is 96.0 Å². The van der Waals surface area contributed by atoms with Crippen LogP contribution in [0.5, 0.6) is 0 Å². The lowest BCUT2D eigenvalue weighted by atomic mass is 9.73. The van der Waals surface area contributed by atoms with Crippen molar-refractivity contribution in [2.75, 3.05) is 11.9 Å². The molecular formula is C27H25N3O3. The standard InChI is InChI=1S/C27H25N3O3/c1-20(28-19-22-14-8-4-9-15-22)27(18-21-12-6-3-7-13-21)24(31)29(2)26(33)30(25(27)32)23-16-10-5-11-17-23/h3-17H,18-19H2,1-2H3. The number of aliphatic imine (C=N–C) groups is 1. The zero-order valence-electron chi connectivity index (χ0n) is 18.6. The van der Waals surface area contributed by atoms with E-state index in [4.69, 9.17) is 0 Å². The predicted octanol–water partition coefficient (Wildman–Crippen LogP) is 4.50. The number of benzene rings is 3. The first kappa shape index (κ1) is 22.1. The quantitative estimate of drug-likeness (QED) is 0.419. The highest BCUT2D eigenvalue weighted by molar-refractivity contribution is 6.38. The summed E-state index contributed by atoms with van der Waals surface area (Å²) < 4.78 is 0. The van der Waals surface area contributed by atoms with Crippen LogP contribution in [0.2, 0.25) is 0 Å². The maximum Gasteiger partial charge on any atom is 0.337 e. The van der Waals surface area contributed by atoms with E-state index < -0.39 is 23.3 Å². The van der Waals surface area contributed by atoms with E-state index >= 15 is 0 Å². The van der Waals surface area contributed by atoms with Gasteiger partial charge in [-0.1, -0.05) is 78.9 Å². The average molecular weight is 440 g/mol. The minimum Gasteiger partial charge on any atom is -0.288 e. The van der Waals surface area contributed by atoms with Gasteiger partial charge in [0.25, 0.3) is 11.8 Å². The van der Waals surface area contributed by atoms with Crippen LogP contribution in [0.1, 0.15) is 18.1 Å². The van der Waals surface area contributed by atoms with E-state index in [1.54, 1.807) is 37.3 Å². The van der Waals surface area contributed by atoms with Crippen LogP contribution in [-0.4, -0.2) is 35.5 Å². The highest BCUT2D eigenvalue weighted by Crippen LogP contribution is 2.37. The van der Waals surface area contributed by atoms with Gasteiger partial charge in [-0.15, -0.1) is 0 Å². The summed E-state index contributed by atoms with van der Waals surface area (Å²) in [5.41, 5.74) is 0.941. The Balaban J connectivity index is 1.85. The molecule has 4 amide bonds. The number of hydrogen-bond acceptors (Lipinski definition) is 4. The summed E-state index contributed by atoms with van der Waals surface area (Å²) >= 11 is 0. The zero-order chi connectivity index (χ0) is 23.4. The Labute approximate surface area is 193 Å². The first-order valence-corrected chi connectivity index (χ1v) is 10.8. The van der Waals surface area contributed by atoms with E-state index in [2.05, 4.69) is 4.99 Å². The number of carbonyl (C=O) groups is 3. The Hall–Kier alpha value is -4.06. The van der Waals surface area contributed by atoms with Gasteiger partial charge in [-0.05, 0) is 30.2 Å². The molecule has 0 aliphatic carbocycles. The Morgan fingerprint density at radius 2 is 1.27 bits per heavy atom. The molecule has 3 aromatic carbocycles. The number of carbonyl (C=O) groups excluding carboxylic acids is 3. The Kier molecular flexibility index (Phi) is 6.18. The van der Waals surface area contributed by atoms with Crippen LogP contribution in [0.25, 0.3) is 0 Å². The molecule has 0 bridgehead atoms. The summed E-state index contributed by atoms with van der Waals surface area (Å²) in [4.78, 5) is 47.6. The third-order valence-electron chi connectivity index (χ3n) is 6.00. The number of urea groups is 1. The molecule has 3 aromatic rings. The second-order valence-corrected chi connectivity index (χ2v) is 8.08. The monoisotopic (exact) mass is 439 g/mol. The zero-order valence-corrected chi connectivity index (χ0v) is 18.6.